The van der Waals surface area contributed by atoms with Crippen molar-refractivity contribution in [3.05, 3.63) is 0 Å². The number of nitrogens with one attached hydrogen (secondary N) is 1. The van der Waals surface area contributed by atoms with Crippen molar-refractivity contribution in [2.24, 2.45) is 0 Å². The molecule has 0 bridgehead atoms. The highest BCUT2D eigenvalue weighted by molar-refractivity contribution is 5.73. The maximum Gasteiger partial charge on any atom is 0.303 e. The fourth-order valence-corrected chi connectivity index (χ4v) is 1.34. The van der Waals surface area contributed by atoms with E-state index in [-0.39, 0.29) is 19.1 Å². The van der Waals surface area contributed by atoms with Crippen LogP contribution >= 0.6 is 0 Å². The number of esters is 3. The fraction of sp³-hybridized carbons (Fsp3) is 0.667. The molecule has 0 aromatic heterocycles. The molecule has 0 unspecified atom stereocenters. The molecule has 0 radical (unpaired) electrons. The minimum absolute atomic E-state index is 0.0614. The minimum Gasteiger partial charge on any atom is -0.462 e. The van der Waals surface area contributed by atoms with Crippen LogP contribution in [0.5, 0.6) is 0 Å². The van der Waals surface area contributed by atoms with Crippen molar-refractivity contribution < 1.29 is 33.4 Å². The minimum atomic E-state index is -0.993. The molecule has 8 nitrogen and oxygen atoms in total. The van der Waals surface area contributed by atoms with E-state index >= 15 is 0 Å². The quantitative estimate of drug-likeness (QED) is 0.499. The fourth-order valence-electron chi connectivity index (χ4n) is 1.34. The molecule has 20 heavy (non-hydrogen) atoms. The highest BCUT2D eigenvalue weighted by Gasteiger charge is 2.28. The Hall–Kier alpha value is -2.12. The molecule has 0 rings (SSSR count). The van der Waals surface area contributed by atoms with E-state index in [0.717, 1.165) is 0 Å². The molecular weight excluding hydrogens is 270 g/mol. The van der Waals surface area contributed by atoms with Gasteiger partial charge in [0, 0.05) is 27.7 Å². The number of amides is 1. The normalized spacial score (nSPS) is 12.8. The first kappa shape index (κ1) is 17.9. The number of rotatable bonds is 7. The molecule has 0 aromatic rings. The van der Waals surface area contributed by atoms with Gasteiger partial charge in [0.1, 0.15) is 6.61 Å². The molecule has 0 aliphatic heterocycles. The molecule has 0 heterocycles. The molecular formula is C12H19NO7. The number of hydrogen-bond acceptors (Lipinski definition) is 7. The van der Waals surface area contributed by atoms with Crippen LogP contribution in [0, 0.1) is 0 Å². The molecule has 2 atom stereocenters. The predicted octanol–water partition coefficient (Wildman–Crippen LogP) is -0.451. The lowest BCUT2D eigenvalue weighted by molar-refractivity contribution is -0.172. The van der Waals surface area contributed by atoms with E-state index in [1.807, 2.05) is 0 Å². The third-order valence-electron chi connectivity index (χ3n) is 2.05. The van der Waals surface area contributed by atoms with E-state index < -0.39 is 30.1 Å². The summed E-state index contributed by atoms with van der Waals surface area (Å²) in [6, 6.07) is 0. The molecule has 8 heteroatoms. The molecule has 0 aliphatic carbocycles. The van der Waals surface area contributed by atoms with Crippen LogP contribution in [0.15, 0.2) is 0 Å². The van der Waals surface area contributed by atoms with Crippen LogP contribution in [0.2, 0.25) is 0 Å². The van der Waals surface area contributed by atoms with E-state index in [0.29, 0.717) is 0 Å². The first-order chi connectivity index (χ1) is 9.22. The zero-order chi connectivity index (χ0) is 15.7. The average Bonchev–Trinajstić information content (AvgIpc) is 2.28. The maximum absolute atomic E-state index is 11.0. The second-order valence-corrected chi connectivity index (χ2v) is 4.04. The van der Waals surface area contributed by atoms with Crippen LogP contribution in [-0.4, -0.2) is 49.2 Å². The topological polar surface area (TPSA) is 108 Å². The summed E-state index contributed by atoms with van der Waals surface area (Å²) in [6.07, 6.45) is -1.94. The van der Waals surface area contributed by atoms with Gasteiger partial charge in [-0.1, -0.05) is 0 Å². The summed E-state index contributed by atoms with van der Waals surface area (Å²) < 4.78 is 14.7. The van der Waals surface area contributed by atoms with Gasteiger partial charge < -0.3 is 19.5 Å². The number of carbonyl (C=O) groups is 4. The molecule has 1 amide bonds. The van der Waals surface area contributed by atoms with Gasteiger partial charge in [0.25, 0.3) is 0 Å². The lowest BCUT2D eigenvalue weighted by Gasteiger charge is -2.25. The molecule has 0 spiro atoms. The second kappa shape index (κ2) is 8.89. The van der Waals surface area contributed by atoms with Crippen molar-refractivity contribution >= 4 is 23.8 Å². The van der Waals surface area contributed by atoms with E-state index in [9.17, 15) is 19.2 Å². The zero-order valence-corrected chi connectivity index (χ0v) is 11.9. The molecule has 114 valence electrons. The summed E-state index contributed by atoms with van der Waals surface area (Å²) in [5.41, 5.74) is 0. The Labute approximate surface area is 116 Å². The van der Waals surface area contributed by atoms with Gasteiger partial charge >= 0.3 is 17.9 Å². The van der Waals surface area contributed by atoms with Crippen LogP contribution in [0.4, 0.5) is 0 Å². The smallest absolute Gasteiger partial charge is 0.303 e. The van der Waals surface area contributed by atoms with E-state index in [4.69, 9.17) is 14.2 Å². The van der Waals surface area contributed by atoms with Gasteiger partial charge in [-0.15, -0.1) is 0 Å². The third-order valence-corrected chi connectivity index (χ3v) is 2.05. The van der Waals surface area contributed by atoms with Crippen molar-refractivity contribution in [2.45, 2.75) is 39.9 Å². The Bertz CT molecular complexity index is 344. The monoisotopic (exact) mass is 289 g/mol. The van der Waals surface area contributed by atoms with Crippen molar-refractivity contribution in [3.63, 3.8) is 0 Å². The van der Waals surface area contributed by atoms with Crippen LogP contribution in [0.25, 0.3) is 0 Å². The summed E-state index contributed by atoms with van der Waals surface area (Å²) in [6.45, 7) is 4.50. The molecule has 0 fully saturated rings. The van der Waals surface area contributed by atoms with Gasteiger partial charge in [-0.2, -0.15) is 0 Å². The number of ether oxygens (including phenoxy) is 3. The van der Waals surface area contributed by atoms with Crippen molar-refractivity contribution in [3.8, 4) is 0 Å². The first-order valence-electron chi connectivity index (χ1n) is 5.94. The SMILES string of the molecule is CC(=O)NC[C@H](OC(C)=O)[C@@H](COC(C)=O)OC(C)=O. The highest BCUT2D eigenvalue weighted by Crippen LogP contribution is 2.07. The first-order valence-corrected chi connectivity index (χ1v) is 5.94. The summed E-state index contributed by atoms with van der Waals surface area (Å²) in [4.78, 5) is 43.8. The largest absolute Gasteiger partial charge is 0.462 e. The molecule has 0 saturated heterocycles. The predicted molar refractivity (Wildman–Crippen MR) is 66.4 cm³/mol. The summed E-state index contributed by atoms with van der Waals surface area (Å²) in [7, 11) is 0. The standard InChI is InChI=1S/C12H19NO7/c1-7(14)13-5-11(19-9(3)16)12(20-10(4)17)6-18-8(2)15/h11-12H,5-6H2,1-4H3,(H,13,14)/t11-,12+/m0/s1. The Morgan fingerprint density at radius 3 is 1.75 bits per heavy atom. The number of carbonyl (C=O) groups excluding carboxylic acids is 4. The van der Waals surface area contributed by atoms with Crippen LogP contribution in [0.1, 0.15) is 27.7 Å². The van der Waals surface area contributed by atoms with Gasteiger partial charge in [-0.3, -0.25) is 19.2 Å². The summed E-state index contributed by atoms with van der Waals surface area (Å²) >= 11 is 0. The third kappa shape index (κ3) is 8.90. The molecule has 0 aromatic carbocycles. The van der Waals surface area contributed by atoms with Gasteiger partial charge in [0.2, 0.25) is 5.91 Å². The zero-order valence-electron chi connectivity index (χ0n) is 11.9. The van der Waals surface area contributed by atoms with Crippen LogP contribution in [0.3, 0.4) is 0 Å². The molecule has 0 aliphatic rings. The van der Waals surface area contributed by atoms with Crippen LogP contribution in [-0.2, 0) is 33.4 Å². The van der Waals surface area contributed by atoms with E-state index in [2.05, 4.69) is 5.32 Å². The second-order valence-electron chi connectivity index (χ2n) is 4.04. The van der Waals surface area contributed by atoms with Crippen LogP contribution < -0.4 is 5.32 Å². The lowest BCUT2D eigenvalue weighted by Crippen LogP contribution is -2.45. The Balaban J connectivity index is 4.83. The summed E-state index contributed by atoms with van der Waals surface area (Å²) in [5, 5.41) is 2.44. The Morgan fingerprint density at radius 1 is 0.850 bits per heavy atom. The maximum atomic E-state index is 11.0. The van der Waals surface area contributed by atoms with Crippen molar-refractivity contribution in [2.75, 3.05) is 13.2 Å². The van der Waals surface area contributed by atoms with Gasteiger partial charge in [0.15, 0.2) is 12.2 Å². The average molecular weight is 289 g/mol. The summed E-state index contributed by atoms with van der Waals surface area (Å²) in [5.74, 6) is -2.14. The van der Waals surface area contributed by atoms with Gasteiger partial charge in [-0.25, -0.2) is 0 Å². The van der Waals surface area contributed by atoms with Gasteiger partial charge in [0.05, 0.1) is 6.54 Å². The van der Waals surface area contributed by atoms with Gasteiger partial charge in [-0.05, 0) is 0 Å². The molecule has 1 N–H and O–H groups in total. The Morgan fingerprint density at radius 2 is 1.35 bits per heavy atom. The lowest BCUT2D eigenvalue weighted by atomic mass is 10.2. The molecule has 0 saturated carbocycles. The van der Waals surface area contributed by atoms with Crippen molar-refractivity contribution in [1.82, 2.24) is 5.32 Å². The van der Waals surface area contributed by atoms with Crippen molar-refractivity contribution in [1.29, 1.82) is 0 Å². The highest BCUT2D eigenvalue weighted by atomic mass is 16.6. The van der Waals surface area contributed by atoms with E-state index in [1.54, 1.807) is 0 Å². The van der Waals surface area contributed by atoms with E-state index in [1.165, 1.54) is 27.7 Å². The number of hydrogen-bond donors (Lipinski definition) is 1. The Kier molecular flexibility index (Phi) is 7.95.